The number of rotatable bonds is 1. The van der Waals surface area contributed by atoms with Crippen LogP contribution in [0.2, 0.25) is 0 Å². The zero-order valence-corrected chi connectivity index (χ0v) is 9.63. The van der Waals surface area contributed by atoms with Crippen molar-refractivity contribution in [2.75, 3.05) is 10.6 Å². The molecule has 0 bridgehead atoms. The van der Waals surface area contributed by atoms with Crippen molar-refractivity contribution < 1.29 is 14.0 Å². The predicted octanol–water partition coefficient (Wildman–Crippen LogP) is 1.60. The molecule has 0 saturated carbocycles. The second-order valence-electron chi connectivity index (χ2n) is 4.05. The lowest BCUT2D eigenvalue weighted by Crippen LogP contribution is -2.30. The number of imide groups is 1. The highest BCUT2D eigenvalue weighted by molar-refractivity contribution is 6.35. The van der Waals surface area contributed by atoms with Crippen LogP contribution in [0.25, 0.3) is 0 Å². The van der Waals surface area contributed by atoms with E-state index in [9.17, 15) is 14.0 Å². The molecule has 0 atom stereocenters. The van der Waals surface area contributed by atoms with Gasteiger partial charge in [0, 0.05) is 5.69 Å². The molecular weight excluding hydrogens is 249 g/mol. The number of halogens is 1. The summed E-state index contributed by atoms with van der Waals surface area (Å²) >= 11 is 0. The summed E-state index contributed by atoms with van der Waals surface area (Å²) in [7, 11) is 0. The van der Waals surface area contributed by atoms with Gasteiger partial charge in [-0.3, -0.25) is 9.59 Å². The van der Waals surface area contributed by atoms with Gasteiger partial charge in [-0.05, 0) is 24.3 Å². The number of anilines is 2. The molecule has 2 amide bonds. The number of nitrogen functional groups attached to an aromatic ring is 1. The highest BCUT2D eigenvalue weighted by Crippen LogP contribution is 2.30. The van der Waals surface area contributed by atoms with E-state index in [0.717, 1.165) is 17.2 Å². The van der Waals surface area contributed by atoms with E-state index in [4.69, 9.17) is 5.73 Å². The van der Waals surface area contributed by atoms with E-state index in [1.165, 1.54) is 12.1 Å². The summed E-state index contributed by atoms with van der Waals surface area (Å²) < 4.78 is 12.8. The first-order chi connectivity index (χ1) is 9.09. The zero-order chi connectivity index (χ0) is 13.6. The summed E-state index contributed by atoms with van der Waals surface area (Å²) in [5.74, 6) is -1.52. The van der Waals surface area contributed by atoms with Crippen LogP contribution in [0.1, 0.15) is 20.7 Å². The molecule has 1 aliphatic rings. The monoisotopic (exact) mass is 257 g/mol. The van der Waals surface area contributed by atoms with Crippen LogP contribution in [-0.2, 0) is 0 Å². The number of fused-ring (bicyclic) bond motifs is 1. The number of carbonyl (C=O) groups is 2. The molecule has 3 rings (SSSR count). The number of amides is 2. The summed E-state index contributed by atoms with van der Waals surface area (Å²) in [6.45, 7) is 0. The molecule has 2 aromatic rings. The van der Waals surface area contributed by atoms with Crippen molar-refractivity contribution >= 4 is 23.3 Å². The summed E-state index contributed by atoms with van der Waals surface area (Å²) in [6, 6.07) is 7.07. The van der Waals surface area contributed by atoms with Crippen LogP contribution in [0.15, 0.2) is 36.5 Å². The quantitative estimate of drug-likeness (QED) is 0.622. The van der Waals surface area contributed by atoms with Crippen molar-refractivity contribution in [3.05, 3.63) is 53.5 Å². The minimum atomic E-state index is -0.544. The minimum absolute atomic E-state index is 0.0759. The van der Waals surface area contributed by atoms with E-state index in [0.29, 0.717) is 0 Å². The van der Waals surface area contributed by atoms with Crippen molar-refractivity contribution in [2.45, 2.75) is 0 Å². The van der Waals surface area contributed by atoms with Gasteiger partial charge in [-0.2, -0.15) is 0 Å². The van der Waals surface area contributed by atoms with E-state index < -0.39 is 17.6 Å². The van der Waals surface area contributed by atoms with Crippen LogP contribution < -0.4 is 10.6 Å². The molecule has 0 radical (unpaired) electrons. The first-order valence-electron chi connectivity index (χ1n) is 5.48. The number of hydrogen-bond acceptors (Lipinski definition) is 4. The smallest absolute Gasteiger partial charge is 0.269 e. The summed E-state index contributed by atoms with van der Waals surface area (Å²) in [5, 5.41) is 0. The lowest BCUT2D eigenvalue weighted by atomic mass is 10.1. The Balaban J connectivity index is 2.13. The third-order valence-electron chi connectivity index (χ3n) is 2.89. The van der Waals surface area contributed by atoms with Gasteiger partial charge in [0.05, 0.1) is 17.3 Å². The summed E-state index contributed by atoms with van der Waals surface area (Å²) in [4.78, 5) is 29.0. The SMILES string of the molecule is Nc1cccc2c1C(=O)N(c1ccc(F)cn1)C2=O. The van der Waals surface area contributed by atoms with Gasteiger partial charge in [-0.15, -0.1) is 0 Å². The van der Waals surface area contributed by atoms with Crippen LogP contribution in [0.5, 0.6) is 0 Å². The Morgan fingerprint density at radius 1 is 1.11 bits per heavy atom. The molecule has 1 aromatic carbocycles. The van der Waals surface area contributed by atoms with E-state index in [2.05, 4.69) is 4.98 Å². The van der Waals surface area contributed by atoms with Crippen molar-refractivity contribution in [3.8, 4) is 0 Å². The number of nitrogens with two attached hydrogens (primary N) is 1. The van der Waals surface area contributed by atoms with Crippen LogP contribution in [0.3, 0.4) is 0 Å². The molecule has 94 valence electrons. The van der Waals surface area contributed by atoms with E-state index in [-0.39, 0.29) is 22.6 Å². The molecule has 0 spiro atoms. The van der Waals surface area contributed by atoms with Crippen LogP contribution in [0, 0.1) is 5.82 Å². The highest BCUT2D eigenvalue weighted by Gasteiger charge is 2.38. The lowest BCUT2D eigenvalue weighted by Gasteiger charge is -2.12. The van der Waals surface area contributed by atoms with Gasteiger partial charge in [0.2, 0.25) is 0 Å². The topological polar surface area (TPSA) is 76.3 Å². The van der Waals surface area contributed by atoms with Gasteiger partial charge in [-0.1, -0.05) is 6.07 Å². The maximum Gasteiger partial charge on any atom is 0.269 e. The fourth-order valence-corrected chi connectivity index (χ4v) is 2.02. The molecule has 6 heteroatoms. The van der Waals surface area contributed by atoms with Crippen molar-refractivity contribution in [1.82, 2.24) is 4.98 Å². The Kier molecular flexibility index (Phi) is 2.31. The number of nitrogens with zero attached hydrogens (tertiary/aromatic N) is 2. The summed E-state index contributed by atoms with van der Waals surface area (Å²) in [6.07, 6.45) is 0.947. The maximum absolute atomic E-state index is 12.8. The Morgan fingerprint density at radius 2 is 1.89 bits per heavy atom. The molecule has 2 heterocycles. The van der Waals surface area contributed by atoms with Crippen molar-refractivity contribution in [2.24, 2.45) is 0 Å². The van der Waals surface area contributed by atoms with Crippen LogP contribution in [0.4, 0.5) is 15.9 Å². The first kappa shape index (κ1) is 11.3. The normalized spacial score (nSPS) is 13.8. The lowest BCUT2D eigenvalue weighted by molar-refractivity contribution is 0.0925. The van der Waals surface area contributed by atoms with Gasteiger partial charge in [0.25, 0.3) is 11.8 Å². The predicted molar refractivity (Wildman–Crippen MR) is 66.2 cm³/mol. The fourth-order valence-electron chi connectivity index (χ4n) is 2.02. The fraction of sp³-hybridized carbons (Fsp3) is 0. The molecule has 1 aromatic heterocycles. The maximum atomic E-state index is 12.8. The number of benzene rings is 1. The zero-order valence-electron chi connectivity index (χ0n) is 9.63. The third-order valence-corrected chi connectivity index (χ3v) is 2.89. The first-order valence-corrected chi connectivity index (χ1v) is 5.48. The molecule has 0 aliphatic carbocycles. The number of hydrogen-bond donors (Lipinski definition) is 1. The Labute approximate surface area is 107 Å². The van der Waals surface area contributed by atoms with Gasteiger partial charge in [0.1, 0.15) is 11.6 Å². The number of aromatic nitrogens is 1. The molecule has 0 saturated heterocycles. The second-order valence-corrected chi connectivity index (χ2v) is 4.05. The highest BCUT2D eigenvalue weighted by atomic mass is 19.1. The molecule has 2 N–H and O–H groups in total. The molecule has 5 nitrogen and oxygen atoms in total. The second kappa shape index (κ2) is 3.88. The number of pyridine rings is 1. The molecule has 0 unspecified atom stereocenters. The molecule has 1 aliphatic heterocycles. The van der Waals surface area contributed by atoms with Gasteiger partial charge >= 0.3 is 0 Å². The Bertz CT molecular complexity index is 698. The third kappa shape index (κ3) is 1.57. The van der Waals surface area contributed by atoms with E-state index >= 15 is 0 Å². The van der Waals surface area contributed by atoms with E-state index in [1.807, 2.05) is 0 Å². The largest absolute Gasteiger partial charge is 0.398 e. The molecule has 19 heavy (non-hydrogen) atoms. The minimum Gasteiger partial charge on any atom is -0.398 e. The molecular formula is C13H8FN3O2. The Morgan fingerprint density at radius 3 is 2.53 bits per heavy atom. The Hall–Kier alpha value is -2.76. The van der Waals surface area contributed by atoms with Crippen LogP contribution >= 0.6 is 0 Å². The standard InChI is InChI=1S/C13H8FN3O2/c14-7-4-5-10(16-6-7)17-12(18)8-2-1-3-9(15)11(8)13(17)19/h1-6H,15H2. The summed E-state index contributed by atoms with van der Waals surface area (Å²) in [5.41, 5.74) is 6.34. The van der Waals surface area contributed by atoms with Gasteiger partial charge in [-0.25, -0.2) is 14.3 Å². The van der Waals surface area contributed by atoms with Crippen molar-refractivity contribution in [1.29, 1.82) is 0 Å². The average molecular weight is 257 g/mol. The molecule has 0 fully saturated rings. The van der Waals surface area contributed by atoms with E-state index in [1.54, 1.807) is 12.1 Å². The van der Waals surface area contributed by atoms with Crippen LogP contribution in [-0.4, -0.2) is 16.8 Å². The van der Waals surface area contributed by atoms with Gasteiger partial charge in [0.15, 0.2) is 0 Å². The van der Waals surface area contributed by atoms with Crippen molar-refractivity contribution in [3.63, 3.8) is 0 Å². The number of carbonyl (C=O) groups excluding carboxylic acids is 2. The average Bonchev–Trinajstić information content (AvgIpc) is 2.65. The van der Waals surface area contributed by atoms with Gasteiger partial charge < -0.3 is 5.73 Å².